The molecule has 0 radical (unpaired) electrons. The highest BCUT2D eigenvalue weighted by atomic mass is 35.5. The Morgan fingerprint density at radius 1 is 1.24 bits per heavy atom. The number of rotatable bonds is 7. The number of amides is 1. The van der Waals surface area contributed by atoms with E-state index in [9.17, 15) is 4.79 Å². The van der Waals surface area contributed by atoms with Crippen molar-refractivity contribution in [1.82, 2.24) is 15.1 Å². The third-order valence-corrected chi connectivity index (χ3v) is 5.13. The molecule has 0 fully saturated rings. The molecular weight excluding hydrogens is 409 g/mol. The van der Waals surface area contributed by atoms with Gasteiger partial charge in [0.15, 0.2) is 0 Å². The van der Waals surface area contributed by atoms with Crippen molar-refractivity contribution >= 4 is 29.1 Å². The van der Waals surface area contributed by atoms with Crippen LogP contribution < -0.4 is 10.1 Å². The summed E-state index contributed by atoms with van der Waals surface area (Å²) in [5.41, 5.74) is 3.37. The fourth-order valence-electron chi connectivity index (χ4n) is 3.03. The maximum atomic E-state index is 12.7. The molecule has 0 aliphatic heterocycles. The zero-order chi connectivity index (χ0) is 21.0. The monoisotopic (exact) mass is 431 g/mol. The van der Waals surface area contributed by atoms with Crippen molar-refractivity contribution in [3.8, 4) is 5.75 Å². The van der Waals surface area contributed by atoms with Crippen LogP contribution in [0.2, 0.25) is 10.0 Å². The number of aryl methyl sites for hydroxylation is 2. The number of carbonyl (C=O) groups excluding carboxylic acids is 1. The molecule has 1 N–H and O–H groups in total. The highest BCUT2D eigenvalue weighted by molar-refractivity contribution is 6.35. The molecule has 5 nitrogen and oxygen atoms in total. The molecule has 1 aromatic heterocycles. The van der Waals surface area contributed by atoms with Crippen molar-refractivity contribution in [3.05, 3.63) is 81.1 Å². The average Bonchev–Trinajstić information content (AvgIpc) is 3.08. The van der Waals surface area contributed by atoms with Gasteiger partial charge in [0.2, 0.25) is 0 Å². The number of nitrogens with one attached hydrogen (secondary N) is 1. The van der Waals surface area contributed by atoms with Gasteiger partial charge in [-0.25, -0.2) is 0 Å². The summed E-state index contributed by atoms with van der Waals surface area (Å²) in [6, 6.07) is 12.3. The first-order chi connectivity index (χ1) is 13.9. The molecular formula is C22H23Cl2N3O2. The van der Waals surface area contributed by atoms with E-state index in [1.54, 1.807) is 24.3 Å². The summed E-state index contributed by atoms with van der Waals surface area (Å²) in [6.45, 7) is 7.02. The van der Waals surface area contributed by atoms with E-state index in [0.29, 0.717) is 28.0 Å². The van der Waals surface area contributed by atoms with Crippen LogP contribution in [0.15, 0.2) is 48.7 Å². The average molecular weight is 432 g/mol. The summed E-state index contributed by atoms with van der Waals surface area (Å²) in [6.07, 6.45) is 1.97. The van der Waals surface area contributed by atoms with Crippen LogP contribution >= 0.6 is 23.2 Å². The lowest BCUT2D eigenvalue weighted by Gasteiger charge is -2.14. The fraction of sp³-hybridized carbons (Fsp3) is 0.273. The van der Waals surface area contributed by atoms with E-state index in [1.807, 2.05) is 49.8 Å². The zero-order valence-corrected chi connectivity index (χ0v) is 18.1. The third-order valence-electron chi connectivity index (χ3n) is 4.60. The van der Waals surface area contributed by atoms with Gasteiger partial charge in [-0.1, -0.05) is 35.3 Å². The first-order valence-electron chi connectivity index (χ1n) is 9.39. The molecule has 0 aliphatic carbocycles. The molecule has 1 heterocycles. The van der Waals surface area contributed by atoms with Crippen molar-refractivity contribution in [3.63, 3.8) is 0 Å². The standard InChI is InChI=1S/C22H23Cl2N3O2/c1-4-27-12-19(15(3)26-27)14(2)25-22(28)17-7-5-6-16(10-17)13-29-21-9-8-18(23)11-20(21)24/h5-12,14H,4,13H2,1-3H3,(H,25,28). The molecule has 2 aromatic carbocycles. The summed E-state index contributed by atoms with van der Waals surface area (Å²) >= 11 is 12.0. The van der Waals surface area contributed by atoms with E-state index in [0.717, 1.165) is 23.4 Å². The number of ether oxygens (including phenoxy) is 1. The normalized spacial score (nSPS) is 11.9. The summed E-state index contributed by atoms with van der Waals surface area (Å²) < 4.78 is 7.63. The largest absolute Gasteiger partial charge is 0.487 e. The molecule has 3 rings (SSSR count). The number of hydrogen-bond donors (Lipinski definition) is 1. The lowest BCUT2D eigenvalue weighted by molar-refractivity contribution is 0.0939. The highest BCUT2D eigenvalue weighted by Gasteiger charge is 2.16. The van der Waals surface area contributed by atoms with E-state index in [4.69, 9.17) is 27.9 Å². The van der Waals surface area contributed by atoms with Crippen LogP contribution in [0.1, 0.15) is 47.1 Å². The van der Waals surface area contributed by atoms with Gasteiger partial charge in [-0.15, -0.1) is 0 Å². The molecule has 0 spiro atoms. The second-order valence-electron chi connectivity index (χ2n) is 6.78. The highest BCUT2D eigenvalue weighted by Crippen LogP contribution is 2.28. The van der Waals surface area contributed by atoms with E-state index < -0.39 is 0 Å². The Balaban J connectivity index is 1.66. The Morgan fingerprint density at radius 3 is 2.72 bits per heavy atom. The minimum atomic E-state index is -0.146. The van der Waals surface area contributed by atoms with Gasteiger partial charge in [0.1, 0.15) is 12.4 Å². The van der Waals surface area contributed by atoms with Gasteiger partial charge < -0.3 is 10.1 Å². The number of aromatic nitrogens is 2. The smallest absolute Gasteiger partial charge is 0.251 e. The summed E-state index contributed by atoms with van der Waals surface area (Å²) in [5.74, 6) is 0.399. The Morgan fingerprint density at radius 2 is 2.03 bits per heavy atom. The second kappa shape index (κ2) is 9.33. The second-order valence-corrected chi connectivity index (χ2v) is 7.63. The van der Waals surface area contributed by atoms with Gasteiger partial charge in [0.05, 0.1) is 16.8 Å². The van der Waals surface area contributed by atoms with Gasteiger partial charge in [0.25, 0.3) is 5.91 Å². The minimum Gasteiger partial charge on any atom is -0.487 e. The van der Waals surface area contributed by atoms with Crippen molar-refractivity contribution in [2.24, 2.45) is 0 Å². The molecule has 1 atom stereocenters. The maximum absolute atomic E-state index is 12.7. The van der Waals surface area contributed by atoms with Crippen molar-refractivity contribution in [1.29, 1.82) is 0 Å². The summed E-state index contributed by atoms with van der Waals surface area (Å²) in [7, 11) is 0. The van der Waals surface area contributed by atoms with Crippen molar-refractivity contribution < 1.29 is 9.53 Å². The Bertz CT molecular complexity index is 1020. The van der Waals surface area contributed by atoms with E-state index >= 15 is 0 Å². The van der Waals surface area contributed by atoms with Crippen LogP contribution in [-0.2, 0) is 13.2 Å². The van der Waals surface area contributed by atoms with Crippen LogP contribution in [0.25, 0.3) is 0 Å². The van der Waals surface area contributed by atoms with Gasteiger partial charge >= 0.3 is 0 Å². The topological polar surface area (TPSA) is 56.2 Å². The molecule has 1 amide bonds. The van der Waals surface area contributed by atoms with Gasteiger partial charge in [-0.3, -0.25) is 9.48 Å². The quantitative estimate of drug-likeness (QED) is 0.530. The summed E-state index contributed by atoms with van der Waals surface area (Å²) in [4.78, 5) is 12.7. The molecule has 7 heteroatoms. The molecule has 152 valence electrons. The van der Waals surface area contributed by atoms with Crippen LogP contribution in [0.5, 0.6) is 5.75 Å². The molecule has 29 heavy (non-hydrogen) atoms. The van der Waals surface area contributed by atoms with Crippen LogP contribution in [0.3, 0.4) is 0 Å². The predicted molar refractivity (Wildman–Crippen MR) is 116 cm³/mol. The Kier molecular flexibility index (Phi) is 6.83. The molecule has 0 bridgehead atoms. The maximum Gasteiger partial charge on any atom is 0.251 e. The number of halogens is 2. The number of benzene rings is 2. The predicted octanol–water partition coefficient (Wildman–Crippen LogP) is 5.59. The SMILES string of the molecule is CCn1cc(C(C)NC(=O)c2cccc(COc3ccc(Cl)cc3Cl)c2)c(C)n1. The van der Waals surface area contributed by atoms with Crippen LogP contribution in [0, 0.1) is 6.92 Å². The van der Waals surface area contributed by atoms with Crippen molar-refractivity contribution in [2.75, 3.05) is 0 Å². The van der Waals surface area contributed by atoms with E-state index in [2.05, 4.69) is 10.4 Å². The fourth-order valence-corrected chi connectivity index (χ4v) is 3.50. The lowest BCUT2D eigenvalue weighted by atomic mass is 10.1. The molecule has 0 saturated heterocycles. The van der Waals surface area contributed by atoms with Crippen LogP contribution in [-0.4, -0.2) is 15.7 Å². The number of hydrogen-bond acceptors (Lipinski definition) is 3. The van der Waals surface area contributed by atoms with E-state index in [1.165, 1.54) is 0 Å². The van der Waals surface area contributed by atoms with Gasteiger partial charge in [-0.2, -0.15) is 5.10 Å². The van der Waals surface area contributed by atoms with E-state index in [-0.39, 0.29) is 11.9 Å². The molecule has 0 saturated carbocycles. The first-order valence-corrected chi connectivity index (χ1v) is 10.1. The minimum absolute atomic E-state index is 0.143. The third kappa shape index (κ3) is 5.31. The summed E-state index contributed by atoms with van der Waals surface area (Å²) in [5, 5.41) is 8.48. The van der Waals surface area contributed by atoms with Gasteiger partial charge in [-0.05, 0) is 56.7 Å². The molecule has 1 unspecified atom stereocenters. The van der Waals surface area contributed by atoms with Gasteiger partial charge in [0, 0.05) is 28.9 Å². The first kappa shape index (κ1) is 21.2. The Hall–Kier alpha value is -2.50. The number of nitrogens with zero attached hydrogens (tertiary/aromatic N) is 2. The Labute approximate surface area is 180 Å². The zero-order valence-electron chi connectivity index (χ0n) is 16.6. The molecule has 0 aliphatic rings. The van der Waals surface area contributed by atoms with Crippen molar-refractivity contribution in [2.45, 2.75) is 40.0 Å². The van der Waals surface area contributed by atoms with Crippen LogP contribution in [0.4, 0.5) is 0 Å². The number of carbonyl (C=O) groups is 1. The molecule has 3 aromatic rings. The lowest BCUT2D eigenvalue weighted by Crippen LogP contribution is -2.27.